The number of hydrogen-bond donors (Lipinski definition) is 1. The van der Waals surface area contributed by atoms with Gasteiger partial charge in [0.15, 0.2) is 5.78 Å². The van der Waals surface area contributed by atoms with Gasteiger partial charge in [0.1, 0.15) is 0 Å². The number of pyridine rings is 1. The van der Waals surface area contributed by atoms with Crippen LogP contribution in [0.2, 0.25) is 0 Å². The molecule has 0 amide bonds. The Labute approximate surface area is 320 Å². The van der Waals surface area contributed by atoms with Gasteiger partial charge in [0.05, 0.1) is 5.76 Å². The molecule has 5 heteroatoms. The van der Waals surface area contributed by atoms with Crippen molar-refractivity contribution in [3.05, 3.63) is 115 Å². The quantitative estimate of drug-likeness (QED) is 0.0645. The number of aromatic nitrogens is 1. The van der Waals surface area contributed by atoms with E-state index in [9.17, 15) is 9.90 Å². The van der Waals surface area contributed by atoms with Crippen LogP contribution in [0.5, 0.6) is 0 Å². The maximum Gasteiger partial charge on any atom is 0.162 e. The standard InChI is InChI=1S/C33H24NS.C13H24O2.Ir/c1-20(2)17-23-18-22(19-30-28-9-5-6-10-31(28)35-33(23)30)32-29-14-13-25-24-8-4-3-7-21(24)11-12-26(25)27(29)15-16-34-32;1-5-10(6-2)12(14)9-13(15)11(7-3)8-4;/h3-16,19-20H,17H2,1-2H3;9-11,14H,5-8H2,1-4H3;/q-1;;/b;12-9-;. The van der Waals surface area contributed by atoms with E-state index >= 15 is 0 Å². The molecule has 0 fully saturated rings. The Morgan fingerprint density at radius 2 is 1.35 bits per heavy atom. The van der Waals surface area contributed by atoms with Gasteiger partial charge in [0.25, 0.3) is 0 Å². The molecule has 0 spiro atoms. The SMILES string of the molecule is CC(C)Cc1[c-]c(-c2nccc3c2ccc2c4ccccc4ccc32)cc2c1sc1ccccc12.CCC(CC)C(=O)/C=C(\O)C(CC)CC.[Ir]. The maximum atomic E-state index is 11.7. The first-order valence-electron chi connectivity index (χ1n) is 18.3. The van der Waals surface area contributed by atoms with Gasteiger partial charge in [-0.25, -0.2) is 0 Å². The molecule has 7 rings (SSSR count). The Morgan fingerprint density at radius 1 is 0.745 bits per heavy atom. The van der Waals surface area contributed by atoms with Crippen molar-refractivity contribution in [2.45, 2.75) is 73.6 Å². The molecule has 1 radical (unpaired) electrons. The zero-order valence-electron chi connectivity index (χ0n) is 30.5. The number of rotatable bonds is 10. The molecule has 1 N–H and O–H groups in total. The molecule has 0 aliphatic carbocycles. The van der Waals surface area contributed by atoms with E-state index in [1.807, 2.05) is 45.2 Å². The summed E-state index contributed by atoms with van der Waals surface area (Å²) in [4.78, 5) is 16.6. The van der Waals surface area contributed by atoms with E-state index in [2.05, 4.69) is 105 Å². The Balaban J connectivity index is 0.000000271. The molecule has 2 heterocycles. The van der Waals surface area contributed by atoms with Gasteiger partial charge in [-0.15, -0.1) is 23.3 Å². The normalized spacial score (nSPS) is 12.0. The summed E-state index contributed by atoms with van der Waals surface area (Å²) in [5.74, 6) is 1.11. The van der Waals surface area contributed by atoms with Crippen LogP contribution in [0.25, 0.3) is 63.7 Å². The van der Waals surface area contributed by atoms with Crippen molar-refractivity contribution >= 4 is 69.6 Å². The Hall–Kier alpha value is -3.89. The summed E-state index contributed by atoms with van der Waals surface area (Å²) >= 11 is 1.89. The van der Waals surface area contributed by atoms with Crippen LogP contribution in [0.4, 0.5) is 0 Å². The average molecular weight is 871 g/mol. The number of aliphatic hydroxyl groups excluding tert-OH is 1. The molecule has 51 heavy (non-hydrogen) atoms. The van der Waals surface area contributed by atoms with Gasteiger partial charge in [-0.1, -0.05) is 114 Å². The van der Waals surface area contributed by atoms with Crippen LogP contribution in [-0.2, 0) is 31.3 Å². The summed E-state index contributed by atoms with van der Waals surface area (Å²) in [5.41, 5.74) is 3.40. The fraction of sp³-hybridized carbons (Fsp3) is 0.304. The first kappa shape index (κ1) is 38.3. The van der Waals surface area contributed by atoms with Crippen LogP contribution < -0.4 is 0 Å². The maximum absolute atomic E-state index is 11.7. The predicted molar refractivity (Wildman–Crippen MR) is 216 cm³/mol. The molecule has 0 saturated carbocycles. The van der Waals surface area contributed by atoms with E-state index < -0.39 is 0 Å². The topological polar surface area (TPSA) is 50.2 Å². The van der Waals surface area contributed by atoms with E-state index in [4.69, 9.17) is 4.98 Å². The van der Waals surface area contributed by atoms with E-state index in [1.54, 1.807) is 0 Å². The number of thiophene rings is 1. The van der Waals surface area contributed by atoms with E-state index in [1.165, 1.54) is 64.1 Å². The second-order valence-corrected chi connectivity index (χ2v) is 14.9. The Kier molecular flexibility index (Phi) is 12.8. The smallest absolute Gasteiger partial charge is 0.162 e. The largest absolute Gasteiger partial charge is 0.512 e. The molecule has 5 aromatic carbocycles. The van der Waals surface area contributed by atoms with Gasteiger partial charge in [-0.3, -0.25) is 4.79 Å². The number of nitrogens with zero attached hydrogens (tertiary/aromatic N) is 1. The number of carbonyl (C=O) groups is 1. The second kappa shape index (κ2) is 17.1. The molecule has 265 valence electrons. The monoisotopic (exact) mass is 871 g/mol. The molecule has 7 aromatic rings. The van der Waals surface area contributed by atoms with Gasteiger partial charge >= 0.3 is 0 Å². The van der Waals surface area contributed by atoms with Crippen molar-refractivity contribution in [2.75, 3.05) is 0 Å². The molecular formula is C46H48IrNO2S-. The van der Waals surface area contributed by atoms with Crippen LogP contribution in [0.3, 0.4) is 0 Å². The van der Waals surface area contributed by atoms with Gasteiger partial charge in [-0.05, 0) is 98.3 Å². The molecular weight excluding hydrogens is 823 g/mol. The molecule has 2 aromatic heterocycles. The summed E-state index contributed by atoms with van der Waals surface area (Å²) in [5, 5.41) is 20.0. The fourth-order valence-corrected chi connectivity index (χ4v) is 8.45. The van der Waals surface area contributed by atoms with Crippen LogP contribution >= 0.6 is 11.3 Å². The van der Waals surface area contributed by atoms with E-state index in [0.29, 0.717) is 5.92 Å². The number of carbonyl (C=O) groups excluding carboxylic acids is 1. The molecule has 0 aliphatic heterocycles. The third kappa shape index (κ3) is 7.97. The third-order valence-corrected chi connectivity index (χ3v) is 11.3. The number of aliphatic hydroxyl groups is 1. The van der Waals surface area contributed by atoms with Crippen molar-refractivity contribution < 1.29 is 30.0 Å². The molecule has 0 bridgehead atoms. The summed E-state index contributed by atoms with van der Waals surface area (Å²) in [6, 6.07) is 34.6. The second-order valence-electron chi connectivity index (χ2n) is 13.8. The number of hydrogen-bond acceptors (Lipinski definition) is 4. The number of fused-ring (bicyclic) bond motifs is 8. The van der Waals surface area contributed by atoms with Gasteiger partial charge in [-0.2, -0.15) is 11.3 Å². The van der Waals surface area contributed by atoms with Crippen molar-refractivity contribution in [1.29, 1.82) is 0 Å². The third-order valence-electron chi connectivity index (χ3n) is 10.1. The zero-order chi connectivity index (χ0) is 35.4. The minimum atomic E-state index is 0. The van der Waals surface area contributed by atoms with Crippen LogP contribution in [-0.4, -0.2) is 15.9 Å². The number of ketones is 1. The van der Waals surface area contributed by atoms with E-state index in [-0.39, 0.29) is 43.5 Å². The minimum absolute atomic E-state index is 0. The summed E-state index contributed by atoms with van der Waals surface area (Å²) in [6.07, 6.45) is 7.87. The predicted octanol–water partition coefficient (Wildman–Crippen LogP) is 13.4. The summed E-state index contributed by atoms with van der Waals surface area (Å²) in [6.45, 7) is 12.6. The Morgan fingerprint density at radius 3 is 2.06 bits per heavy atom. The van der Waals surface area contributed by atoms with Gasteiger partial charge in [0, 0.05) is 48.9 Å². The zero-order valence-corrected chi connectivity index (χ0v) is 33.8. The Bertz CT molecular complexity index is 2330. The molecule has 3 nitrogen and oxygen atoms in total. The minimum Gasteiger partial charge on any atom is -0.512 e. The van der Waals surface area contributed by atoms with Crippen molar-refractivity contribution in [3.63, 3.8) is 0 Å². The van der Waals surface area contributed by atoms with Crippen LogP contribution in [0, 0.1) is 23.8 Å². The van der Waals surface area contributed by atoms with E-state index in [0.717, 1.165) is 43.4 Å². The summed E-state index contributed by atoms with van der Waals surface area (Å²) in [7, 11) is 0. The molecule has 0 saturated heterocycles. The van der Waals surface area contributed by atoms with Gasteiger partial charge < -0.3 is 10.1 Å². The molecule has 0 aliphatic rings. The first-order valence-corrected chi connectivity index (χ1v) is 19.1. The van der Waals surface area contributed by atoms with Crippen LogP contribution in [0.15, 0.2) is 103 Å². The molecule has 0 unspecified atom stereocenters. The first-order chi connectivity index (χ1) is 24.3. The van der Waals surface area contributed by atoms with Crippen molar-refractivity contribution in [3.8, 4) is 11.3 Å². The molecule has 0 atom stereocenters. The van der Waals surface area contributed by atoms with Crippen LogP contribution in [0.1, 0.15) is 72.8 Å². The fourth-order valence-electron chi connectivity index (χ4n) is 7.26. The summed E-state index contributed by atoms with van der Waals surface area (Å²) < 4.78 is 2.70. The van der Waals surface area contributed by atoms with Crippen molar-refractivity contribution in [1.82, 2.24) is 4.98 Å². The number of allylic oxidation sites excluding steroid dienone is 2. The van der Waals surface area contributed by atoms with Crippen molar-refractivity contribution in [2.24, 2.45) is 17.8 Å². The number of benzene rings is 5. The van der Waals surface area contributed by atoms with Gasteiger partial charge in [0.2, 0.25) is 0 Å². The average Bonchev–Trinajstić information content (AvgIpc) is 3.51.